The lowest BCUT2D eigenvalue weighted by Crippen LogP contribution is -1.99. The Balaban J connectivity index is 2.16. The molecule has 102 valence electrons. The van der Waals surface area contributed by atoms with Crippen LogP contribution in [0.4, 0.5) is 5.69 Å². The molecule has 3 heteroatoms. The van der Waals surface area contributed by atoms with E-state index in [1.807, 2.05) is 18.2 Å². The summed E-state index contributed by atoms with van der Waals surface area (Å²) in [4.78, 5) is 4.75. The second-order valence-electron chi connectivity index (χ2n) is 5.51. The quantitative estimate of drug-likeness (QED) is 0.713. The normalized spacial score (nSPS) is 11.4. The average molecular weight is 265 g/mol. The number of anilines is 1. The van der Waals surface area contributed by atoms with Crippen LogP contribution in [0.25, 0.3) is 22.2 Å². The van der Waals surface area contributed by atoms with Gasteiger partial charge in [-0.05, 0) is 35.4 Å². The van der Waals surface area contributed by atoms with E-state index in [-0.39, 0.29) is 0 Å². The predicted octanol–water partition coefficient (Wildman–Crippen LogP) is 3.95. The molecule has 3 aromatic rings. The first-order chi connectivity index (χ1) is 9.56. The number of hydrogen-bond acceptors (Lipinski definition) is 2. The van der Waals surface area contributed by atoms with Crippen LogP contribution in [0.3, 0.4) is 0 Å². The van der Waals surface area contributed by atoms with E-state index in [1.165, 1.54) is 5.52 Å². The van der Waals surface area contributed by atoms with Crippen molar-refractivity contribution in [1.29, 1.82) is 0 Å². The molecule has 0 aliphatic carbocycles. The van der Waals surface area contributed by atoms with Crippen LogP contribution in [0, 0.1) is 0 Å². The highest BCUT2D eigenvalue weighted by Gasteiger charge is 2.11. The van der Waals surface area contributed by atoms with Crippen LogP contribution < -0.4 is 5.73 Å². The maximum Gasteiger partial charge on any atom is 0.112 e. The minimum Gasteiger partial charge on any atom is -0.399 e. The van der Waals surface area contributed by atoms with Gasteiger partial charge in [-0.2, -0.15) is 0 Å². The Labute approximate surface area is 119 Å². The van der Waals surface area contributed by atoms with Crippen LogP contribution in [-0.2, 0) is 7.05 Å². The number of rotatable bonds is 2. The first kappa shape index (κ1) is 12.7. The summed E-state index contributed by atoms with van der Waals surface area (Å²) < 4.78 is 2.17. The van der Waals surface area contributed by atoms with Crippen molar-refractivity contribution in [2.75, 3.05) is 5.73 Å². The fraction of sp³-hybridized carbons (Fsp3) is 0.235. The Bertz CT molecular complexity index is 769. The fourth-order valence-electron chi connectivity index (χ4n) is 2.63. The van der Waals surface area contributed by atoms with Gasteiger partial charge in [0.15, 0.2) is 0 Å². The summed E-state index contributed by atoms with van der Waals surface area (Å²) in [6, 6.07) is 14.3. The zero-order valence-electron chi connectivity index (χ0n) is 12.1. The minimum atomic E-state index is 0.420. The Morgan fingerprint density at radius 2 is 1.80 bits per heavy atom. The van der Waals surface area contributed by atoms with Gasteiger partial charge in [0.1, 0.15) is 5.82 Å². The fourth-order valence-corrected chi connectivity index (χ4v) is 2.63. The van der Waals surface area contributed by atoms with Gasteiger partial charge in [0, 0.05) is 18.7 Å². The highest BCUT2D eigenvalue weighted by molar-refractivity contribution is 5.83. The third-order valence-corrected chi connectivity index (χ3v) is 3.65. The monoisotopic (exact) mass is 265 g/mol. The molecule has 0 bridgehead atoms. The van der Waals surface area contributed by atoms with Gasteiger partial charge in [0.25, 0.3) is 0 Å². The molecule has 0 aliphatic heterocycles. The number of imidazole rings is 1. The number of aromatic nitrogens is 2. The molecular weight excluding hydrogens is 246 g/mol. The minimum absolute atomic E-state index is 0.420. The molecule has 3 rings (SSSR count). The van der Waals surface area contributed by atoms with Gasteiger partial charge in [-0.1, -0.05) is 32.0 Å². The van der Waals surface area contributed by atoms with E-state index in [1.54, 1.807) is 0 Å². The van der Waals surface area contributed by atoms with E-state index in [0.29, 0.717) is 5.92 Å². The number of nitrogens with zero attached hydrogens (tertiary/aromatic N) is 2. The van der Waals surface area contributed by atoms with Crippen molar-refractivity contribution < 1.29 is 0 Å². The van der Waals surface area contributed by atoms with Crippen molar-refractivity contribution in [3.8, 4) is 11.1 Å². The van der Waals surface area contributed by atoms with Gasteiger partial charge in [-0.15, -0.1) is 0 Å². The number of nitrogen functional groups attached to an aromatic ring is 1. The third kappa shape index (κ3) is 2.05. The summed E-state index contributed by atoms with van der Waals surface area (Å²) in [6.07, 6.45) is 0. The maximum atomic E-state index is 5.86. The Morgan fingerprint density at radius 1 is 1.05 bits per heavy atom. The summed E-state index contributed by atoms with van der Waals surface area (Å²) in [7, 11) is 2.07. The summed E-state index contributed by atoms with van der Waals surface area (Å²) in [6.45, 7) is 4.33. The van der Waals surface area contributed by atoms with Crippen LogP contribution in [0.1, 0.15) is 25.6 Å². The van der Waals surface area contributed by atoms with Crippen molar-refractivity contribution in [1.82, 2.24) is 9.55 Å². The van der Waals surface area contributed by atoms with Crippen molar-refractivity contribution in [3.05, 3.63) is 48.3 Å². The highest BCUT2D eigenvalue weighted by atomic mass is 15.1. The predicted molar refractivity (Wildman–Crippen MR) is 84.7 cm³/mol. The molecule has 0 saturated carbocycles. The summed E-state index contributed by atoms with van der Waals surface area (Å²) in [5, 5.41) is 0. The molecule has 2 N–H and O–H groups in total. The molecule has 0 spiro atoms. The van der Waals surface area contributed by atoms with Crippen molar-refractivity contribution >= 4 is 16.7 Å². The average Bonchev–Trinajstić information content (AvgIpc) is 2.76. The summed E-state index contributed by atoms with van der Waals surface area (Å²) in [5.74, 6) is 1.54. The number of fused-ring (bicyclic) bond motifs is 1. The molecule has 2 aromatic carbocycles. The van der Waals surface area contributed by atoms with E-state index in [9.17, 15) is 0 Å². The Kier molecular flexibility index (Phi) is 2.97. The number of nitrogens with two attached hydrogens (primary N) is 1. The van der Waals surface area contributed by atoms with Gasteiger partial charge in [-0.3, -0.25) is 0 Å². The first-order valence-electron chi connectivity index (χ1n) is 6.88. The molecule has 0 unspecified atom stereocenters. The Morgan fingerprint density at radius 3 is 2.50 bits per heavy atom. The first-order valence-corrected chi connectivity index (χ1v) is 6.88. The smallest absolute Gasteiger partial charge is 0.112 e. The van der Waals surface area contributed by atoms with E-state index in [0.717, 1.165) is 28.2 Å². The molecule has 1 heterocycles. The zero-order valence-corrected chi connectivity index (χ0v) is 12.1. The van der Waals surface area contributed by atoms with E-state index < -0.39 is 0 Å². The number of benzene rings is 2. The molecule has 20 heavy (non-hydrogen) atoms. The van der Waals surface area contributed by atoms with Crippen molar-refractivity contribution in [2.45, 2.75) is 19.8 Å². The van der Waals surface area contributed by atoms with E-state index in [4.69, 9.17) is 10.7 Å². The lowest BCUT2D eigenvalue weighted by Gasteiger charge is -2.05. The lowest BCUT2D eigenvalue weighted by atomic mass is 10.0. The van der Waals surface area contributed by atoms with Crippen molar-refractivity contribution in [2.24, 2.45) is 7.05 Å². The van der Waals surface area contributed by atoms with Crippen LogP contribution >= 0.6 is 0 Å². The molecule has 3 nitrogen and oxygen atoms in total. The van der Waals surface area contributed by atoms with Crippen molar-refractivity contribution in [3.63, 3.8) is 0 Å². The Hall–Kier alpha value is -2.29. The third-order valence-electron chi connectivity index (χ3n) is 3.65. The van der Waals surface area contributed by atoms with Crippen LogP contribution in [0.2, 0.25) is 0 Å². The molecule has 0 fully saturated rings. The SMILES string of the molecule is CC(C)c1nc2cc(-c3cccc(N)c3)ccc2n1C. The van der Waals surface area contributed by atoms with Gasteiger partial charge < -0.3 is 10.3 Å². The van der Waals surface area contributed by atoms with Gasteiger partial charge >= 0.3 is 0 Å². The summed E-state index contributed by atoms with van der Waals surface area (Å²) in [5.41, 5.74) is 11.1. The van der Waals surface area contributed by atoms with Crippen LogP contribution in [0.5, 0.6) is 0 Å². The largest absolute Gasteiger partial charge is 0.399 e. The van der Waals surface area contributed by atoms with Crippen LogP contribution in [-0.4, -0.2) is 9.55 Å². The standard InChI is InChI=1S/C17H19N3/c1-11(2)17-19-15-10-13(7-8-16(15)20(17)3)12-5-4-6-14(18)9-12/h4-11H,18H2,1-3H3. The highest BCUT2D eigenvalue weighted by Crippen LogP contribution is 2.27. The van der Waals surface area contributed by atoms with Gasteiger partial charge in [0.2, 0.25) is 0 Å². The molecular formula is C17H19N3. The van der Waals surface area contributed by atoms with Gasteiger partial charge in [-0.25, -0.2) is 4.98 Å². The number of aryl methyl sites for hydroxylation is 1. The molecule has 0 aliphatic rings. The van der Waals surface area contributed by atoms with Gasteiger partial charge in [0.05, 0.1) is 11.0 Å². The maximum absolute atomic E-state index is 5.86. The van der Waals surface area contributed by atoms with Crippen LogP contribution in [0.15, 0.2) is 42.5 Å². The second kappa shape index (κ2) is 4.67. The lowest BCUT2D eigenvalue weighted by molar-refractivity contribution is 0.722. The topological polar surface area (TPSA) is 43.8 Å². The number of hydrogen-bond donors (Lipinski definition) is 1. The second-order valence-corrected chi connectivity index (χ2v) is 5.51. The molecule has 0 amide bonds. The zero-order chi connectivity index (χ0) is 14.3. The summed E-state index contributed by atoms with van der Waals surface area (Å²) >= 11 is 0. The van der Waals surface area contributed by atoms with E-state index in [2.05, 4.69) is 49.7 Å². The molecule has 1 aromatic heterocycles. The molecule has 0 saturated heterocycles. The van der Waals surface area contributed by atoms with E-state index >= 15 is 0 Å². The molecule has 0 radical (unpaired) electrons. The molecule has 0 atom stereocenters.